The topological polar surface area (TPSA) is 92.5 Å². The highest BCUT2D eigenvalue weighted by Crippen LogP contribution is 2.36. The van der Waals surface area contributed by atoms with Crippen LogP contribution in [-0.4, -0.2) is 19.9 Å². The molecule has 0 aliphatic carbocycles. The van der Waals surface area contributed by atoms with E-state index in [1.807, 2.05) is 6.07 Å². The zero-order chi connectivity index (χ0) is 27.5. The quantitative estimate of drug-likeness (QED) is 0.184. The van der Waals surface area contributed by atoms with Gasteiger partial charge in [-0.2, -0.15) is 0 Å². The number of aromatic amines is 1. The zero-order valence-electron chi connectivity index (χ0n) is 21.6. The number of nitrogen functional groups attached to an aromatic ring is 1. The monoisotopic (exact) mass is 522 g/mol. The molecule has 0 saturated heterocycles. The minimum absolute atomic E-state index is 0.0126. The number of nitrogens with one attached hydrogen (secondary N) is 2. The van der Waals surface area contributed by atoms with Gasteiger partial charge >= 0.3 is 0 Å². The van der Waals surface area contributed by atoms with Gasteiger partial charge < -0.3 is 16.0 Å². The van der Waals surface area contributed by atoms with Gasteiger partial charge in [-0.25, -0.2) is 13.8 Å². The van der Waals surface area contributed by atoms with E-state index in [2.05, 4.69) is 45.3 Å². The Kier molecular flexibility index (Phi) is 7.19. The lowest BCUT2D eigenvalue weighted by atomic mass is 9.99. The van der Waals surface area contributed by atoms with E-state index in [4.69, 9.17) is 5.73 Å². The lowest BCUT2D eigenvalue weighted by Gasteiger charge is -2.14. The summed E-state index contributed by atoms with van der Waals surface area (Å²) in [5.41, 5.74) is 11.4. The Balaban J connectivity index is 1.51. The van der Waals surface area contributed by atoms with Crippen molar-refractivity contribution in [2.24, 2.45) is 0 Å². The molecule has 5 aromatic rings. The summed E-state index contributed by atoms with van der Waals surface area (Å²) in [5, 5.41) is 3.99. The highest BCUT2D eigenvalue weighted by Gasteiger charge is 2.21. The molecular formula is C31H28F2N6. The molecule has 6 nitrogen and oxygen atoms in total. The number of H-pyrrole nitrogens is 1. The molecule has 5 rings (SSSR count). The molecule has 0 aliphatic rings. The van der Waals surface area contributed by atoms with E-state index in [0.717, 1.165) is 35.9 Å². The van der Waals surface area contributed by atoms with Crippen LogP contribution in [0.15, 0.2) is 86.1 Å². The Labute approximate surface area is 225 Å². The number of allylic oxidation sites excluding steroid dienone is 1. The molecule has 0 atom stereocenters. The number of nitrogens with two attached hydrogens (primary N) is 1. The van der Waals surface area contributed by atoms with Crippen LogP contribution in [0.3, 0.4) is 0 Å². The third-order valence-corrected chi connectivity index (χ3v) is 6.52. The number of aromatic nitrogens is 4. The van der Waals surface area contributed by atoms with Crippen LogP contribution in [0.25, 0.3) is 38.9 Å². The minimum atomic E-state index is -0.557. The van der Waals surface area contributed by atoms with E-state index in [0.29, 0.717) is 33.8 Å². The van der Waals surface area contributed by atoms with E-state index < -0.39 is 5.82 Å². The maximum atomic E-state index is 16.0. The first-order valence-electron chi connectivity index (χ1n) is 12.6. The highest BCUT2D eigenvalue weighted by molar-refractivity contribution is 5.97. The van der Waals surface area contributed by atoms with E-state index in [9.17, 15) is 4.39 Å². The lowest BCUT2D eigenvalue weighted by molar-refractivity contribution is 0.626. The summed E-state index contributed by atoms with van der Waals surface area (Å²) in [6.45, 7) is 10.3. The first-order valence-corrected chi connectivity index (χ1v) is 12.6. The molecule has 4 aromatic heterocycles. The van der Waals surface area contributed by atoms with E-state index >= 15 is 4.39 Å². The van der Waals surface area contributed by atoms with Gasteiger partial charge in [-0.15, -0.1) is 0 Å². The van der Waals surface area contributed by atoms with Crippen LogP contribution in [0, 0.1) is 11.6 Å². The van der Waals surface area contributed by atoms with Crippen molar-refractivity contribution in [1.29, 1.82) is 0 Å². The number of unbranched alkanes of at least 4 members (excludes halogenated alkanes) is 1. The van der Waals surface area contributed by atoms with Gasteiger partial charge in [0.15, 0.2) is 0 Å². The van der Waals surface area contributed by atoms with E-state index in [1.54, 1.807) is 42.9 Å². The van der Waals surface area contributed by atoms with Crippen LogP contribution in [0.2, 0.25) is 0 Å². The molecule has 4 heterocycles. The number of fused-ring (bicyclic) bond motifs is 1. The van der Waals surface area contributed by atoms with E-state index in [1.165, 1.54) is 18.3 Å². The molecule has 8 heteroatoms. The molecule has 0 amide bonds. The van der Waals surface area contributed by atoms with Crippen LogP contribution in [0.1, 0.15) is 37.4 Å². The molecule has 0 saturated carbocycles. The molecular weight excluding hydrogens is 494 g/mol. The average Bonchev–Trinajstić information content (AvgIpc) is 3.37. The molecule has 0 unspecified atom stereocenters. The summed E-state index contributed by atoms with van der Waals surface area (Å²) in [5.74, 6) is -0.903. The molecule has 4 N–H and O–H groups in total. The maximum absolute atomic E-state index is 16.0. The van der Waals surface area contributed by atoms with Crippen molar-refractivity contribution >= 4 is 28.0 Å². The normalized spacial score (nSPS) is 11.1. The van der Waals surface area contributed by atoms with Crippen molar-refractivity contribution in [2.45, 2.75) is 26.2 Å². The van der Waals surface area contributed by atoms with Crippen molar-refractivity contribution in [1.82, 2.24) is 19.9 Å². The Morgan fingerprint density at radius 2 is 1.87 bits per heavy atom. The molecule has 0 bridgehead atoms. The molecule has 0 radical (unpaired) electrons. The highest BCUT2D eigenvalue weighted by atomic mass is 19.1. The van der Waals surface area contributed by atoms with Crippen LogP contribution in [0.4, 0.5) is 20.3 Å². The number of nitrogens with zero attached hydrogens (tertiary/aromatic N) is 3. The predicted molar refractivity (Wildman–Crippen MR) is 154 cm³/mol. The van der Waals surface area contributed by atoms with Gasteiger partial charge in [0, 0.05) is 63.1 Å². The molecule has 196 valence electrons. The van der Waals surface area contributed by atoms with Gasteiger partial charge in [0.25, 0.3) is 0 Å². The second-order valence-electron chi connectivity index (χ2n) is 9.33. The summed E-state index contributed by atoms with van der Waals surface area (Å²) >= 11 is 0. The summed E-state index contributed by atoms with van der Waals surface area (Å²) in [6, 6.07) is 11.6. The molecule has 0 aliphatic heterocycles. The standard InChI is InChI=1S/C31H28F2N6/c1-4-5-7-18(2)38-23-13-21(15-35-16-23)25-17-37-31(34)28(29(25)33)19(3)27-14-24-26(39-27)10-11-36-30(24)20-8-6-9-22(32)12-20/h6,8-17,38-39H,2-5,7H2,1H3,(H2,34,37). The molecule has 0 spiro atoms. The predicted octanol–water partition coefficient (Wildman–Crippen LogP) is 7.72. The summed E-state index contributed by atoms with van der Waals surface area (Å²) < 4.78 is 29.9. The molecule has 39 heavy (non-hydrogen) atoms. The number of anilines is 2. The minimum Gasteiger partial charge on any atom is -0.383 e. The first kappa shape index (κ1) is 25.8. The second kappa shape index (κ2) is 10.9. The lowest BCUT2D eigenvalue weighted by Crippen LogP contribution is -2.04. The number of benzene rings is 1. The Morgan fingerprint density at radius 1 is 1.03 bits per heavy atom. The maximum Gasteiger partial charge on any atom is 0.144 e. The van der Waals surface area contributed by atoms with Crippen molar-refractivity contribution in [3.05, 3.63) is 109 Å². The van der Waals surface area contributed by atoms with Crippen LogP contribution >= 0.6 is 0 Å². The fraction of sp³-hybridized carbons (Fsp3) is 0.129. The van der Waals surface area contributed by atoms with Crippen LogP contribution < -0.4 is 11.1 Å². The van der Waals surface area contributed by atoms with Crippen LogP contribution in [0.5, 0.6) is 0 Å². The summed E-state index contributed by atoms with van der Waals surface area (Å²) in [7, 11) is 0. The van der Waals surface area contributed by atoms with E-state index in [-0.39, 0.29) is 22.8 Å². The van der Waals surface area contributed by atoms with Gasteiger partial charge in [-0.3, -0.25) is 9.97 Å². The smallest absolute Gasteiger partial charge is 0.144 e. The Morgan fingerprint density at radius 3 is 2.67 bits per heavy atom. The van der Waals surface area contributed by atoms with Crippen molar-refractivity contribution in [3.63, 3.8) is 0 Å². The summed E-state index contributed by atoms with van der Waals surface area (Å²) in [4.78, 5) is 16.3. The Bertz CT molecular complexity index is 1710. The molecule has 0 fully saturated rings. The zero-order valence-corrected chi connectivity index (χ0v) is 21.6. The third-order valence-electron chi connectivity index (χ3n) is 6.52. The van der Waals surface area contributed by atoms with Crippen molar-refractivity contribution < 1.29 is 8.78 Å². The fourth-order valence-electron chi connectivity index (χ4n) is 4.52. The number of pyridine rings is 3. The van der Waals surface area contributed by atoms with Gasteiger partial charge in [0.05, 0.1) is 23.1 Å². The fourth-order valence-corrected chi connectivity index (χ4v) is 4.52. The SMILES string of the molecule is C=C(CCCC)Nc1cncc(-c2cnc(N)c(C(=C)c3cc4c(-c5cccc(F)c5)nccc4[nH]3)c2F)c1. The van der Waals surface area contributed by atoms with Crippen LogP contribution in [-0.2, 0) is 0 Å². The second-order valence-corrected chi connectivity index (χ2v) is 9.33. The summed E-state index contributed by atoms with van der Waals surface area (Å²) in [6.07, 6.45) is 9.18. The van der Waals surface area contributed by atoms with Gasteiger partial charge in [-0.05, 0) is 43.2 Å². The largest absolute Gasteiger partial charge is 0.383 e. The molecule has 1 aromatic carbocycles. The Hall–Kier alpha value is -4.85. The van der Waals surface area contributed by atoms with Gasteiger partial charge in [0.1, 0.15) is 17.5 Å². The van der Waals surface area contributed by atoms with Crippen molar-refractivity contribution in [2.75, 3.05) is 11.1 Å². The average molecular weight is 523 g/mol. The first-order chi connectivity index (χ1) is 18.9. The number of rotatable bonds is 9. The third kappa shape index (κ3) is 5.27. The number of hydrogen-bond acceptors (Lipinski definition) is 5. The number of halogens is 2. The number of hydrogen-bond donors (Lipinski definition) is 3. The van der Waals surface area contributed by atoms with Gasteiger partial charge in [-0.1, -0.05) is 38.6 Å². The van der Waals surface area contributed by atoms with Crippen molar-refractivity contribution in [3.8, 4) is 22.4 Å². The van der Waals surface area contributed by atoms with Gasteiger partial charge in [0.2, 0.25) is 0 Å².